The van der Waals surface area contributed by atoms with Crippen molar-refractivity contribution >= 4 is 29.3 Å². The predicted molar refractivity (Wildman–Crippen MR) is 107 cm³/mol. The lowest BCUT2D eigenvalue weighted by molar-refractivity contribution is -0.384. The third kappa shape index (κ3) is 6.33. The largest absolute Gasteiger partial charge is 0.482 e. The molecule has 1 aliphatic heterocycles. The fraction of sp³-hybridized carbons (Fsp3) is 0.526. The Kier molecular flexibility index (Phi) is 7.96. The molecule has 164 valence electrons. The number of nitrogens with one attached hydrogen (secondary N) is 2. The summed E-state index contributed by atoms with van der Waals surface area (Å²) < 4.78 is 10.2. The van der Waals surface area contributed by atoms with Gasteiger partial charge in [0, 0.05) is 24.7 Å². The van der Waals surface area contributed by atoms with Crippen molar-refractivity contribution in [2.24, 2.45) is 5.92 Å². The van der Waals surface area contributed by atoms with Gasteiger partial charge in [-0.05, 0) is 25.3 Å². The first-order valence-electron chi connectivity index (χ1n) is 9.62. The molecule has 11 heteroatoms. The minimum absolute atomic E-state index is 0.149. The molecule has 0 radical (unpaired) electrons. The zero-order valence-electron chi connectivity index (χ0n) is 17.2. The van der Waals surface area contributed by atoms with E-state index in [1.807, 2.05) is 13.8 Å². The molecule has 11 nitrogen and oxygen atoms in total. The van der Waals surface area contributed by atoms with Crippen LogP contribution in [0.3, 0.4) is 0 Å². The number of hydrogen-bond donors (Lipinski definition) is 2. The highest BCUT2D eigenvalue weighted by molar-refractivity contribution is 6.02. The molecule has 3 amide bonds. The molecule has 0 spiro atoms. The van der Waals surface area contributed by atoms with Crippen molar-refractivity contribution in [2.75, 3.05) is 31.2 Å². The van der Waals surface area contributed by atoms with Crippen molar-refractivity contribution in [3.8, 4) is 5.75 Å². The van der Waals surface area contributed by atoms with E-state index in [1.54, 1.807) is 6.92 Å². The van der Waals surface area contributed by atoms with E-state index in [4.69, 9.17) is 9.47 Å². The Bertz CT molecular complexity index is 812. The first-order chi connectivity index (χ1) is 14.2. The van der Waals surface area contributed by atoms with Crippen LogP contribution in [-0.4, -0.2) is 55.2 Å². The highest BCUT2D eigenvalue weighted by atomic mass is 16.6. The third-order valence-electron chi connectivity index (χ3n) is 4.30. The molecule has 1 aromatic carbocycles. The number of hydrogen-bond acceptors (Lipinski definition) is 7. The van der Waals surface area contributed by atoms with Crippen LogP contribution in [0.2, 0.25) is 0 Å². The van der Waals surface area contributed by atoms with Crippen LogP contribution in [0.4, 0.5) is 16.2 Å². The van der Waals surface area contributed by atoms with Crippen LogP contribution >= 0.6 is 0 Å². The molecular formula is C19H26N4O7. The van der Waals surface area contributed by atoms with Gasteiger partial charge in [0.15, 0.2) is 6.61 Å². The smallest absolute Gasteiger partial charge is 0.407 e. The van der Waals surface area contributed by atoms with E-state index >= 15 is 0 Å². The number of ether oxygens (including phenoxy) is 2. The Morgan fingerprint density at radius 2 is 2.10 bits per heavy atom. The van der Waals surface area contributed by atoms with Gasteiger partial charge >= 0.3 is 6.09 Å². The maximum absolute atomic E-state index is 12.5. The fourth-order valence-corrected chi connectivity index (χ4v) is 3.02. The lowest BCUT2D eigenvalue weighted by Crippen LogP contribution is -2.49. The van der Waals surface area contributed by atoms with Crippen LogP contribution in [0.1, 0.15) is 27.2 Å². The van der Waals surface area contributed by atoms with Gasteiger partial charge in [-0.3, -0.25) is 24.6 Å². The highest BCUT2D eigenvalue weighted by Crippen LogP contribution is 2.35. The Labute approximate surface area is 173 Å². The number of alkyl carbamates (subject to hydrolysis) is 1. The molecule has 30 heavy (non-hydrogen) atoms. The Morgan fingerprint density at radius 1 is 1.37 bits per heavy atom. The molecule has 0 bridgehead atoms. The first-order valence-corrected chi connectivity index (χ1v) is 9.62. The molecule has 1 unspecified atom stereocenters. The third-order valence-corrected chi connectivity index (χ3v) is 4.30. The van der Waals surface area contributed by atoms with E-state index in [0.717, 1.165) is 4.90 Å². The van der Waals surface area contributed by atoms with E-state index in [0.29, 0.717) is 6.42 Å². The monoisotopic (exact) mass is 422 g/mol. The van der Waals surface area contributed by atoms with Gasteiger partial charge in [0.1, 0.15) is 12.3 Å². The average molecular weight is 422 g/mol. The molecule has 2 rings (SSSR count). The number of nitro groups is 1. The highest BCUT2D eigenvalue weighted by Gasteiger charge is 2.29. The average Bonchev–Trinajstić information content (AvgIpc) is 2.67. The molecule has 2 N–H and O–H groups in total. The molecule has 0 fully saturated rings. The summed E-state index contributed by atoms with van der Waals surface area (Å²) in [6.07, 6.45) is 0.0481. The fourth-order valence-electron chi connectivity index (χ4n) is 3.02. The topological polar surface area (TPSA) is 140 Å². The SMILES string of the molecule is CCOC(=O)NC(CNC(=O)CN1C(=O)COc2ccc([N+](=O)[O-])cc21)CC(C)C. The van der Waals surface area contributed by atoms with Gasteiger partial charge in [0.05, 0.1) is 17.2 Å². The zero-order chi connectivity index (χ0) is 22.3. The summed E-state index contributed by atoms with van der Waals surface area (Å²) >= 11 is 0. The number of fused-ring (bicyclic) bond motifs is 1. The summed E-state index contributed by atoms with van der Waals surface area (Å²) in [5, 5.41) is 16.4. The van der Waals surface area contributed by atoms with Crippen molar-refractivity contribution in [2.45, 2.75) is 33.2 Å². The van der Waals surface area contributed by atoms with Crippen LogP contribution < -0.4 is 20.3 Å². The second kappa shape index (κ2) is 10.4. The molecule has 0 saturated carbocycles. The number of benzene rings is 1. The molecule has 0 aromatic heterocycles. The lowest BCUT2D eigenvalue weighted by atomic mass is 10.0. The van der Waals surface area contributed by atoms with Gasteiger partial charge in [-0.25, -0.2) is 4.79 Å². The van der Waals surface area contributed by atoms with Gasteiger partial charge < -0.3 is 20.1 Å². The lowest BCUT2D eigenvalue weighted by Gasteiger charge is -2.29. The second-order valence-corrected chi connectivity index (χ2v) is 7.17. The van der Waals surface area contributed by atoms with Crippen molar-refractivity contribution in [3.63, 3.8) is 0 Å². The summed E-state index contributed by atoms with van der Waals surface area (Å²) in [6, 6.07) is 3.52. The zero-order valence-corrected chi connectivity index (χ0v) is 17.2. The van der Waals surface area contributed by atoms with Crippen molar-refractivity contribution in [1.29, 1.82) is 0 Å². The minimum atomic E-state index is -0.588. The number of carbonyl (C=O) groups excluding carboxylic acids is 3. The van der Waals surface area contributed by atoms with E-state index in [-0.39, 0.29) is 55.4 Å². The second-order valence-electron chi connectivity index (χ2n) is 7.17. The molecule has 1 heterocycles. The molecule has 1 aliphatic rings. The summed E-state index contributed by atoms with van der Waals surface area (Å²) in [4.78, 5) is 48.0. The van der Waals surface area contributed by atoms with Gasteiger partial charge in [-0.15, -0.1) is 0 Å². The standard InChI is InChI=1S/C19H26N4O7/c1-4-29-19(26)21-13(7-12(2)3)9-20-17(24)10-22-15-8-14(23(27)28)5-6-16(15)30-11-18(22)25/h5-6,8,12-13H,4,7,9-11H2,1-3H3,(H,20,24)(H,21,26). The van der Waals surface area contributed by atoms with Gasteiger partial charge in [0.2, 0.25) is 5.91 Å². The van der Waals surface area contributed by atoms with Crippen LogP contribution in [0, 0.1) is 16.0 Å². The molecular weight excluding hydrogens is 396 g/mol. The van der Waals surface area contributed by atoms with E-state index in [2.05, 4.69) is 10.6 Å². The quantitative estimate of drug-likeness (QED) is 0.455. The maximum atomic E-state index is 12.5. The molecule has 0 saturated heterocycles. The summed E-state index contributed by atoms with van der Waals surface area (Å²) in [7, 11) is 0. The van der Waals surface area contributed by atoms with E-state index < -0.39 is 22.8 Å². The number of rotatable bonds is 9. The van der Waals surface area contributed by atoms with Crippen molar-refractivity contribution in [1.82, 2.24) is 10.6 Å². The number of nitro benzene ring substituents is 1. The first kappa shape index (κ1) is 22.9. The summed E-state index contributed by atoms with van der Waals surface area (Å²) in [5.41, 5.74) is -0.0490. The van der Waals surface area contributed by atoms with Crippen LogP contribution in [0.15, 0.2) is 18.2 Å². The normalized spacial score (nSPS) is 13.9. The van der Waals surface area contributed by atoms with Gasteiger partial charge in [-0.1, -0.05) is 13.8 Å². The summed E-state index contributed by atoms with van der Waals surface area (Å²) in [5.74, 6) is -0.402. The van der Waals surface area contributed by atoms with Gasteiger partial charge in [-0.2, -0.15) is 0 Å². The van der Waals surface area contributed by atoms with Crippen molar-refractivity contribution < 1.29 is 28.8 Å². The number of non-ortho nitro benzene ring substituents is 1. The Morgan fingerprint density at radius 3 is 2.73 bits per heavy atom. The van der Waals surface area contributed by atoms with Crippen LogP contribution in [0.5, 0.6) is 5.75 Å². The van der Waals surface area contributed by atoms with E-state index in [9.17, 15) is 24.5 Å². The molecule has 0 aliphatic carbocycles. The number of nitrogens with zero attached hydrogens (tertiary/aromatic N) is 2. The van der Waals surface area contributed by atoms with Gasteiger partial charge in [0.25, 0.3) is 11.6 Å². The Hall–Kier alpha value is -3.37. The molecule has 1 atom stereocenters. The van der Waals surface area contributed by atoms with Crippen LogP contribution in [0.25, 0.3) is 0 Å². The molecule has 1 aromatic rings. The van der Waals surface area contributed by atoms with Crippen LogP contribution in [-0.2, 0) is 14.3 Å². The maximum Gasteiger partial charge on any atom is 0.407 e. The number of carbonyl (C=O) groups is 3. The number of anilines is 1. The van der Waals surface area contributed by atoms with E-state index in [1.165, 1.54) is 18.2 Å². The number of amides is 3. The van der Waals surface area contributed by atoms with Crippen molar-refractivity contribution in [3.05, 3.63) is 28.3 Å². The Balaban J connectivity index is 2.04. The predicted octanol–water partition coefficient (Wildman–Crippen LogP) is 1.60. The minimum Gasteiger partial charge on any atom is -0.482 e. The summed E-state index contributed by atoms with van der Waals surface area (Å²) in [6.45, 7) is 5.45.